The summed E-state index contributed by atoms with van der Waals surface area (Å²) in [5, 5.41) is 3.23. The van der Waals surface area contributed by atoms with Crippen LogP contribution in [0.15, 0.2) is 47.4 Å². The van der Waals surface area contributed by atoms with Gasteiger partial charge in [0, 0.05) is 23.9 Å². The molecule has 2 N–H and O–H groups in total. The van der Waals surface area contributed by atoms with Crippen molar-refractivity contribution in [2.75, 3.05) is 0 Å². The lowest BCUT2D eigenvalue weighted by molar-refractivity contribution is -0.108. The highest BCUT2D eigenvalue weighted by Gasteiger charge is 2.30. The Hall–Kier alpha value is -3.72. The van der Waals surface area contributed by atoms with Crippen LogP contribution < -0.4 is 10.9 Å². The molecule has 5 rings (SSSR count). The van der Waals surface area contributed by atoms with Crippen LogP contribution in [0.1, 0.15) is 66.3 Å². The average molecular weight is 533 g/mol. The van der Waals surface area contributed by atoms with Gasteiger partial charge in [-0.05, 0) is 59.4 Å². The Morgan fingerprint density at radius 3 is 2.66 bits per heavy atom. The number of aromatic nitrogens is 3. The Morgan fingerprint density at radius 2 is 1.97 bits per heavy atom. The van der Waals surface area contributed by atoms with Crippen LogP contribution in [-0.4, -0.2) is 27.1 Å². The molecule has 38 heavy (non-hydrogen) atoms. The minimum Gasteiger partial charge on any atom is -0.343 e. The molecular weight excluding hydrogens is 503 g/mol. The van der Waals surface area contributed by atoms with Crippen molar-refractivity contribution in [3.8, 4) is 11.1 Å². The molecule has 9 heteroatoms. The van der Waals surface area contributed by atoms with Crippen LogP contribution >= 0.6 is 11.3 Å². The largest absolute Gasteiger partial charge is 0.343 e. The Balaban J connectivity index is 1.35. The maximum Gasteiger partial charge on any atom is 0.283 e. The summed E-state index contributed by atoms with van der Waals surface area (Å²) in [7, 11) is 0. The van der Waals surface area contributed by atoms with E-state index in [0.717, 1.165) is 47.2 Å². The summed E-state index contributed by atoms with van der Waals surface area (Å²) >= 11 is 1.25. The Morgan fingerprint density at radius 1 is 1.21 bits per heavy atom. The average Bonchev–Trinajstić information content (AvgIpc) is 3.31. The molecular formula is C29H29FN4O3S. The van der Waals surface area contributed by atoms with Gasteiger partial charge in [-0.2, -0.15) is 0 Å². The third-order valence-corrected chi connectivity index (χ3v) is 8.27. The van der Waals surface area contributed by atoms with Gasteiger partial charge < -0.3 is 15.1 Å². The molecule has 196 valence electrons. The summed E-state index contributed by atoms with van der Waals surface area (Å²) < 4.78 is 13.7. The van der Waals surface area contributed by atoms with Crippen molar-refractivity contribution in [2.24, 2.45) is 11.3 Å². The fourth-order valence-electron chi connectivity index (χ4n) is 4.97. The van der Waals surface area contributed by atoms with Gasteiger partial charge >= 0.3 is 0 Å². The maximum atomic E-state index is 13.7. The zero-order chi connectivity index (χ0) is 27.0. The summed E-state index contributed by atoms with van der Waals surface area (Å²) in [4.78, 5) is 48.4. The van der Waals surface area contributed by atoms with Crippen molar-refractivity contribution in [1.29, 1.82) is 0 Å². The van der Waals surface area contributed by atoms with Crippen molar-refractivity contribution in [3.63, 3.8) is 0 Å². The van der Waals surface area contributed by atoms with E-state index in [4.69, 9.17) is 4.98 Å². The van der Waals surface area contributed by atoms with Crippen molar-refractivity contribution in [2.45, 2.75) is 52.5 Å². The van der Waals surface area contributed by atoms with Crippen molar-refractivity contribution in [1.82, 2.24) is 20.3 Å². The van der Waals surface area contributed by atoms with E-state index in [1.54, 1.807) is 24.3 Å². The van der Waals surface area contributed by atoms with Gasteiger partial charge in [0.25, 0.3) is 11.5 Å². The zero-order valence-corrected chi connectivity index (χ0v) is 22.3. The second-order valence-corrected chi connectivity index (χ2v) is 11.8. The first-order chi connectivity index (χ1) is 18.1. The number of hydrogen-bond donors (Lipinski definition) is 2. The monoisotopic (exact) mass is 532 g/mol. The number of nitrogens with one attached hydrogen (secondary N) is 2. The van der Waals surface area contributed by atoms with Gasteiger partial charge in [-0.3, -0.25) is 9.59 Å². The molecule has 0 saturated carbocycles. The molecule has 1 aliphatic rings. The number of rotatable bonds is 6. The second kappa shape index (κ2) is 10.2. The van der Waals surface area contributed by atoms with E-state index in [9.17, 15) is 18.8 Å². The number of aromatic amines is 1. The summed E-state index contributed by atoms with van der Waals surface area (Å²) in [5.41, 5.74) is 4.40. The number of aldehydes is 1. The molecule has 0 fully saturated rings. The van der Waals surface area contributed by atoms with E-state index in [1.807, 2.05) is 0 Å². The quantitative estimate of drug-likeness (QED) is 0.324. The van der Waals surface area contributed by atoms with Crippen LogP contribution in [0.2, 0.25) is 0 Å². The highest BCUT2D eigenvalue weighted by atomic mass is 32.1. The van der Waals surface area contributed by atoms with Gasteiger partial charge in [-0.1, -0.05) is 56.4 Å². The molecule has 0 aliphatic heterocycles. The van der Waals surface area contributed by atoms with Crippen LogP contribution in [0, 0.1) is 17.2 Å². The third-order valence-electron chi connectivity index (χ3n) is 7.31. The number of nitrogens with zero attached hydrogens (tertiary/aromatic N) is 2. The number of benzene rings is 1. The second-order valence-electron chi connectivity index (χ2n) is 10.9. The molecule has 3 heterocycles. The summed E-state index contributed by atoms with van der Waals surface area (Å²) in [5.74, 6) is -0.649. The van der Waals surface area contributed by atoms with Crippen molar-refractivity contribution in [3.05, 3.63) is 80.6 Å². The molecule has 7 nitrogen and oxygen atoms in total. The molecule has 0 spiro atoms. The number of pyridine rings is 2. The SMILES string of the molecule is CC(C)(C)[C@H]1CCc2nc3sc(C(=O)NC(CC=O)c4ccc(-c5c[nH]c(=O)c(F)c5)cc4)nc3cc2C1. The van der Waals surface area contributed by atoms with Gasteiger partial charge in [-0.25, -0.2) is 14.4 Å². The van der Waals surface area contributed by atoms with E-state index in [0.29, 0.717) is 22.1 Å². The van der Waals surface area contributed by atoms with Crippen LogP contribution in [0.4, 0.5) is 4.39 Å². The predicted octanol–water partition coefficient (Wildman–Crippen LogP) is 5.40. The van der Waals surface area contributed by atoms with Gasteiger partial charge in [0.05, 0.1) is 6.04 Å². The molecule has 3 aromatic heterocycles. The summed E-state index contributed by atoms with van der Waals surface area (Å²) in [6, 6.07) is 9.73. The number of fused-ring (bicyclic) bond motifs is 2. The fourth-order valence-corrected chi connectivity index (χ4v) is 5.82. The van der Waals surface area contributed by atoms with E-state index >= 15 is 0 Å². The van der Waals surface area contributed by atoms with Crippen LogP contribution in [0.3, 0.4) is 0 Å². The van der Waals surface area contributed by atoms with Gasteiger partial charge in [0.1, 0.15) is 16.6 Å². The third kappa shape index (κ3) is 5.29. The highest BCUT2D eigenvalue weighted by molar-refractivity contribution is 7.19. The first kappa shape index (κ1) is 25.9. The molecule has 1 aromatic carbocycles. The maximum absolute atomic E-state index is 13.7. The van der Waals surface area contributed by atoms with Crippen molar-refractivity contribution < 1.29 is 14.0 Å². The van der Waals surface area contributed by atoms with E-state index in [2.05, 4.69) is 42.1 Å². The number of amides is 1. The minimum absolute atomic E-state index is 0.0873. The first-order valence-electron chi connectivity index (χ1n) is 12.6. The molecule has 0 saturated heterocycles. The highest BCUT2D eigenvalue weighted by Crippen LogP contribution is 2.38. The smallest absolute Gasteiger partial charge is 0.283 e. The van der Waals surface area contributed by atoms with Crippen LogP contribution in [-0.2, 0) is 17.6 Å². The lowest BCUT2D eigenvalue weighted by atomic mass is 9.71. The minimum atomic E-state index is -0.863. The predicted molar refractivity (Wildman–Crippen MR) is 146 cm³/mol. The molecule has 1 unspecified atom stereocenters. The lowest BCUT2D eigenvalue weighted by Crippen LogP contribution is -2.28. The summed E-state index contributed by atoms with van der Waals surface area (Å²) in [6.07, 6.45) is 5.28. The lowest BCUT2D eigenvalue weighted by Gasteiger charge is -2.34. The Bertz CT molecular complexity index is 1570. The Kier molecular flexibility index (Phi) is 6.96. The molecule has 1 amide bonds. The molecule has 4 aromatic rings. The van der Waals surface area contributed by atoms with Gasteiger partial charge in [-0.15, -0.1) is 0 Å². The summed E-state index contributed by atoms with van der Waals surface area (Å²) in [6.45, 7) is 6.81. The van der Waals surface area contributed by atoms with Crippen LogP contribution in [0.25, 0.3) is 21.5 Å². The van der Waals surface area contributed by atoms with Crippen LogP contribution in [0.5, 0.6) is 0 Å². The number of aryl methyl sites for hydroxylation is 1. The number of hydrogen-bond acceptors (Lipinski definition) is 6. The number of H-pyrrole nitrogens is 1. The number of carbonyl (C=O) groups is 2. The standard InChI is InChI=1S/C29H29FN4O3S/c1-29(2,3)20-8-9-22-18(12-20)14-24-27(33-22)38-28(34-24)26(37)32-23(10-11-35)17-6-4-16(5-7-17)19-13-21(30)25(36)31-15-19/h4-7,11,13-15,20,23H,8-10,12H2,1-3H3,(H,31,36)(H,32,37)/t20-,23?/m0/s1. The van der Waals surface area contributed by atoms with E-state index in [-0.39, 0.29) is 17.7 Å². The topological polar surface area (TPSA) is 105 Å². The number of halogens is 1. The Labute approximate surface area is 223 Å². The van der Waals surface area contributed by atoms with E-state index < -0.39 is 17.4 Å². The van der Waals surface area contributed by atoms with E-state index in [1.165, 1.54) is 29.2 Å². The molecule has 0 bridgehead atoms. The molecule has 1 aliphatic carbocycles. The number of thiazole rings is 1. The zero-order valence-electron chi connectivity index (χ0n) is 21.5. The first-order valence-corrected chi connectivity index (χ1v) is 13.5. The normalized spacial score (nSPS) is 16.2. The van der Waals surface area contributed by atoms with Gasteiger partial charge in [0.15, 0.2) is 10.8 Å². The fraction of sp³-hybridized carbons (Fsp3) is 0.345. The molecule has 0 radical (unpaired) electrons. The van der Waals surface area contributed by atoms with Gasteiger partial charge in [0.2, 0.25) is 0 Å². The molecule has 2 atom stereocenters. The van der Waals surface area contributed by atoms with Crippen molar-refractivity contribution >= 4 is 33.9 Å². The number of carbonyl (C=O) groups excluding carboxylic acids is 2.